The largest absolute Gasteiger partial charge is 0.444 e. The van der Waals surface area contributed by atoms with Crippen LogP contribution in [-0.4, -0.2) is 61.6 Å². The molecule has 1 aromatic heterocycles. The number of nitro benzene ring substituents is 1. The third-order valence-electron chi connectivity index (χ3n) is 5.11. The van der Waals surface area contributed by atoms with Gasteiger partial charge in [-0.25, -0.2) is 4.79 Å². The molecule has 0 bridgehead atoms. The number of nitrogens with one attached hydrogen (secondary N) is 1. The number of hydrogen-bond acceptors (Lipinski definition) is 7. The third kappa shape index (κ3) is 5.63. The number of rotatable bonds is 5. The summed E-state index contributed by atoms with van der Waals surface area (Å²) < 4.78 is 7.15. The van der Waals surface area contributed by atoms with Crippen molar-refractivity contribution in [1.82, 2.24) is 14.7 Å². The van der Waals surface area contributed by atoms with Crippen molar-refractivity contribution in [2.24, 2.45) is 0 Å². The lowest BCUT2D eigenvalue weighted by Gasteiger charge is -2.29. The van der Waals surface area contributed by atoms with E-state index in [1.807, 2.05) is 20.8 Å². The van der Waals surface area contributed by atoms with E-state index in [4.69, 9.17) is 4.74 Å². The van der Waals surface area contributed by atoms with Gasteiger partial charge < -0.3 is 20.1 Å². The van der Waals surface area contributed by atoms with Gasteiger partial charge in [0.15, 0.2) is 0 Å². The molecule has 2 heterocycles. The van der Waals surface area contributed by atoms with Gasteiger partial charge in [0.2, 0.25) is 0 Å². The molecule has 0 aliphatic carbocycles. The maximum Gasteiger partial charge on any atom is 0.410 e. The predicted octanol–water partition coefficient (Wildman–Crippen LogP) is 3.53. The second-order valence-electron chi connectivity index (χ2n) is 9.09. The first-order chi connectivity index (χ1) is 14.5. The van der Waals surface area contributed by atoms with Gasteiger partial charge in [-0.2, -0.15) is 5.10 Å². The van der Waals surface area contributed by atoms with E-state index in [9.17, 15) is 20.0 Å². The number of amides is 1. The summed E-state index contributed by atoms with van der Waals surface area (Å²) in [6.45, 7) is 8.41. The van der Waals surface area contributed by atoms with Gasteiger partial charge in [0, 0.05) is 25.2 Å². The highest BCUT2D eigenvalue weighted by Gasteiger charge is 2.28. The van der Waals surface area contributed by atoms with Crippen molar-refractivity contribution in [2.45, 2.75) is 71.2 Å². The Bertz CT molecular complexity index is 950. The molecule has 10 heteroatoms. The van der Waals surface area contributed by atoms with E-state index in [0.717, 1.165) is 19.3 Å². The van der Waals surface area contributed by atoms with E-state index in [2.05, 4.69) is 10.4 Å². The van der Waals surface area contributed by atoms with Crippen molar-refractivity contribution in [3.05, 3.63) is 28.4 Å². The molecule has 1 fully saturated rings. The van der Waals surface area contributed by atoms with Gasteiger partial charge in [0.1, 0.15) is 11.3 Å². The summed E-state index contributed by atoms with van der Waals surface area (Å²) in [5, 5.41) is 29.7. The standard InChI is InChI=1S/C21H31N5O5/c1-14(27)12-25-17-8-9-18(26(29)30)19(16(17)11-22-25)23-15-7-5-6-10-24(13-15)20(28)31-21(2,3)4/h8-9,11,14-15,23,27H,5-7,10,12-13H2,1-4H3/t14-,15-/m1/s1. The molecule has 0 unspecified atom stereocenters. The SMILES string of the molecule is C[C@@H](O)Cn1ncc2c(N[C@@H]3CCCCN(C(=O)OC(C)(C)C)C3)c([N+](=O)[O-])ccc21. The number of benzene rings is 1. The van der Waals surface area contributed by atoms with Crippen LogP contribution < -0.4 is 5.32 Å². The van der Waals surface area contributed by atoms with E-state index in [0.29, 0.717) is 29.7 Å². The zero-order chi connectivity index (χ0) is 22.8. The number of aliphatic hydroxyl groups excluding tert-OH is 1. The van der Waals surface area contributed by atoms with Crippen LogP contribution in [0.3, 0.4) is 0 Å². The summed E-state index contributed by atoms with van der Waals surface area (Å²) in [5.41, 5.74) is 0.453. The predicted molar refractivity (Wildman–Crippen MR) is 117 cm³/mol. The Morgan fingerprint density at radius 3 is 2.81 bits per heavy atom. The fraction of sp³-hybridized carbons (Fsp3) is 0.619. The first-order valence-corrected chi connectivity index (χ1v) is 10.6. The highest BCUT2D eigenvalue weighted by Crippen LogP contribution is 2.34. The lowest BCUT2D eigenvalue weighted by Crippen LogP contribution is -2.42. The number of nitrogens with zero attached hydrogens (tertiary/aromatic N) is 4. The smallest absolute Gasteiger partial charge is 0.410 e. The number of anilines is 1. The first kappa shape index (κ1) is 22.8. The molecule has 2 aromatic rings. The lowest BCUT2D eigenvalue weighted by atomic mass is 10.1. The van der Waals surface area contributed by atoms with Gasteiger partial charge in [-0.05, 0) is 53.0 Å². The van der Waals surface area contributed by atoms with E-state index >= 15 is 0 Å². The molecular formula is C21H31N5O5. The minimum atomic E-state index is -0.598. The summed E-state index contributed by atoms with van der Waals surface area (Å²) in [7, 11) is 0. The Labute approximate surface area is 181 Å². The molecule has 1 aromatic carbocycles. The minimum absolute atomic E-state index is 0.0443. The molecule has 0 spiro atoms. The van der Waals surface area contributed by atoms with E-state index in [1.165, 1.54) is 6.07 Å². The van der Waals surface area contributed by atoms with Crippen LogP contribution in [0.25, 0.3) is 10.9 Å². The Morgan fingerprint density at radius 2 is 2.16 bits per heavy atom. The fourth-order valence-electron chi connectivity index (χ4n) is 3.80. The molecule has 10 nitrogen and oxygen atoms in total. The Balaban J connectivity index is 1.89. The number of aliphatic hydroxyl groups is 1. The minimum Gasteiger partial charge on any atom is -0.444 e. The molecular weight excluding hydrogens is 402 g/mol. The molecule has 1 aliphatic heterocycles. The average molecular weight is 434 g/mol. The normalized spacial score (nSPS) is 18.5. The van der Waals surface area contributed by atoms with Crippen molar-refractivity contribution in [2.75, 3.05) is 18.4 Å². The van der Waals surface area contributed by atoms with Gasteiger partial charge in [-0.1, -0.05) is 0 Å². The Morgan fingerprint density at radius 1 is 1.42 bits per heavy atom. The lowest BCUT2D eigenvalue weighted by molar-refractivity contribution is -0.383. The van der Waals surface area contributed by atoms with Crippen molar-refractivity contribution >= 4 is 28.4 Å². The van der Waals surface area contributed by atoms with Gasteiger partial charge in [0.05, 0.1) is 34.7 Å². The van der Waals surface area contributed by atoms with E-state index in [1.54, 1.807) is 28.8 Å². The molecule has 1 saturated heterocycles. The van der Waals surface area contributed by atoms with Crippen LogP contribution >= 0.6 is 0 Å². The van der Waals surface area contributed by atoms with Crippen molar-refractivity contribution in [1.29, 1.82) is 0 Å². The highest BCUT2D eigenvalue weighted by molar-refractivity contribution is 5.96. The molecule has 0 radical (unpaired) electrons. The van der Waals surface area contributed by atoms with E-state index < -0.39 is 16.6 Å². The van der Waals surface area contributed by atoms with Gasteiger partial charge in [-0.15, -0.1) is 0 Å². The molecule has 1 aliphatic rings. The second kappa shape index (κ2) is 9.09. The number of likely N-dealkylation sites (tertiary alicyclic amines) is 1. The average Bonchev–Trinajstić information content (AvgIpc) is 2.90. The van der Waals surface area contributed by atoms with Crippen molar-refractivity contribution in [3.63, 3.8) is 0 Å². The van der Waals surface area contributed by atoms with Crippen molar-refractivity contribution < 1.29 is 19.6 Å². The summed E-state index contributed by atoms with van der Waals surface area (Å²) >= 11 is 0. The van der Waals surface area contributed by atoms with Crippen LogP contribution in [0.15, 0.2) is 18.3 Å². The number of fused-ring (bicyclic) bond motifs is 1. The molecule has 0 saturated carbocycles. The number of carbonyl (C=O) groups is 1. The molecule has 2 atom stereocenters. The maximum absolute atomic E-state index is 12.6. The van der Waals surface area contributed by atoms with Crippen LogP contribution in [0.4, 0.5) is 16.2 Å². The topological polar surface area (TPSA) is 123 Å². The Hall–Kier alpha value is -2.88. The first-order valence-electron chi connectivity index (χ1n) is 10.6. The van der Waals surface area contributed by atoms with Gasteiger partial charge in [-0.3, -0.25) is 14.8 Å². The second-order valence-corrected chi connectivity index (χ2v) is 9.09. The molecule has 3 rings (SSSR count). The monoisotopic (exact) mass is 433 g/mol. The zero-order valence-corrected chi connectivity index (χ0v) is 18.5. The fourth-order valence-corrected chi connectivity index (χ4v) is 3.80. The quantitative estimate of drug-likeness (QED) is 0.546. The summed E-state index contributed by atoms with van der Waals surface area (Å²) in [6, 6.07) is 2.93. The summed E-state index contributed by atoms with van der Waals surface area (Å²) in [5.74, 6) is 0. The number of carbonyl (C=O) groups excluding carboxylic acids is 1. The Kier molecular flexibility index (Phi) is 6.68. The molecule has 2 N–H and O–H groups in total. The van der Waals surface area contributed by atoms with Crippen molar-refractivity contribution in [3.8, 4) is 0 Å². The van der Waals surface area contributed by atoms with Gasteiger partial charge >= 0.3 is 6.09 Å². The number of aromatic nitrogens is 2. The highest BCUT2D eigenvalue weighted by atomic mass is 16.6. The molecule has 170 valence electrons. The zero-order valence-electron chi connectivity index (χ0n) is 18.5. The van der Waals surface area contributed by atoms with Crippen LogP contribution in [0, 0.1) is 10.1 Å². The van der Waals surface area contributed by atoms with Crippen LogP contribution in [0.5, 0.6) is 0 Å². The maximum atomic E-state index is 12.6. The van der Waals surface area contributed by atoms with Crippen LogP contribution in [0.2, 0.25) is 0 Å². The van der Waals surface area contributed by atoms with Gasteiger partial charge in [0.25, 0.3) is 5.69 Å². The summed E-state index contributed by atoms with van der Waals surface area (Å²) in [4.78, 5) is 25.5. The van der Waals surface area contributed by atoms with Crippen LogP contribution in [-0.2, 0) is 11.3 Å². The number of nitro groups is 1. The summed E-state index contributed by atoms with van der Waals surface area (Å²) in [6.07, 6.45) is 3.11. The van der Waals surface area contributed by atoms with E-state index in [-0.39, 0.29) is 24.4 Å². The third-order valence-corrected chi connectivity index (χ3v) is 5.11. The molecule has 1 amide bonds. The molecule has 31 heavy (non-hydrogen) atoms. The number of hydrogen-bond donors (Lipinski definition) is 2. The van der Waals surface area contributed by atoms with Crippen LogP contribution in [0.1, 0.15) is 47.0 Å². The number of ether oxygens (including phenoxy) is 1.